The lowest BCUT2D eigenvalue weighted by Crippen LogP contribution is -2.26. The average molecular weight is 529 g/mol. The summed E-state index contributed by atoms with van der Waals surface area (Å²) in [6.07, 6.45) is 30.7. The number of benzene rings is 1. The van der Waals surface area contributed by atoms with Crippen LogP contribution in [-0.2, 0) is 0 Å². The predicted molar refractivity (Wildman–Crippen MR) is 172 cm³/mol. The van der Waals surface area contributed by atoms with Crippen LogP contribution in [0.15, 0.2) is 24.3 Å². The molecule has 2 unspecified atom stereocenters. The van der Waals surface area contributed by atoms with Gasteiger partial charge in [-0.2, -0.15) is 0 Å². The summed E-state index contributed by atoms with van der Waals surface area (Å²) in [6.45, 7) is 11.2. The van der Waals surface area contributed by atoms with Crippen LogP contribution in [-0.4, -0.2) is 13.1 Å². The molecule has 0 aliphatic carbocycles. The van der Waals surface area contributed by atoms with Crippen LogP contribution in [0.3, 0.4) is 0 Å². The molecule has 0 saturated heterocycles. The summed E-state index contributed by atoms with van der Waals surface area (Å²) in [5.41, 5.74) is 3.09. The molecule has 2 atom stereocenters. The summed E-state index contributed by atoms with van der Waals surface area (Å²) >= 11 is 0. The molecule has 0 aliphatic heterocycles. The standard InChI is InChI=1S/C36H68N2/c1-5-9-11-13-15-17-19-21-23-25-31-35(37-7-3)33-29-27-28-30-34(33)36(38-8-4)32-26-24-22-20-18-16-14-12-10-6-2/h27-30,35-38H,5-26,31-32H2,1-4H3. The molecular formula is C36H68N2. The number of hydrogen-bond acceptors (Lipinski definition) is 2. The van der Waals surface area contributed by atoms with Crippen LogP contribution >= 0.6 is 0 Å². The summed E-state index contributed by atoms with van der Waals surface area (Å²) < 4.78 is 0. The van der Waals surface area contributed by atoms with E-state index in [1.54, 1.807) is 11.1 Å². The fourth-order valence-corrected chi connectivity index (χ4v) is 6.05. The zero-order valence-electron chi connectivity index (χ0n) is 26.4. The van der Waals surface area contributed by atoms with E-state index in [4.69, 9.17) is 0 Å². The molecule has 1 aromatic rings. The van der Waals surface area contributed by atoms with Crippen molar-refractivity contribution in [2.45, 2.75) is 181 Å². The van der Waals surface area contributed by atoms with Gasteiger partial charge in [-0.05, 0) is 37.1 Å². The quantitative estimate of drug-likeness (QED) is 0.106. The molecular weight excluding hydrogens is 460 g/mol. The van der Waals surface area contributed by atoms with Gasteiger partial charge in [0.05, 0.1) is 0 Å². The molecule has 2 heteroatoms. The van der Waals surface area contributed by atoms with Crippen molar-refractivity contribution < 1.29 is 0 Å². The zero-order valence-corrected chi connectivity index (χ0v) is 26.4. The van der Waals surface area contributed by atoms with E-state index in [0.717, 1.165) is 13.1 Å². The normalized spacial score (nSPS) is 13.2. The zero-order chi connectivity index (χ0) is 27.5. The molecule has 0 aromatic heterocycles. The molecule has 0 spiro atoms. The maximum Gasteiger partial charge on any atom is 0.0323 e. The first-order chi connectivity index (χ1) is 18.8. The fraction of sp³-hybridized carbons (Fsp3) is 0.833. The smallest absolute Gasteiger partial charge is 0.0323 e. The van der Waals surface area contributed by atoms with Gasteiger partial charge >= 0.3 is 0 Å². The molecule has 0 saturated carbocycles. The molecule has 2 nitrogen and oxygen atoms in total. The number of nitrogens with one attached hydrogen (secondary N) is 2. The highest BCUT2D eigenvalue weighted by molar-refractivity contribution is 5.33. The van der Waals surface area contributed by atoms with E-state index in [1.807, 2.05) is 0 Å². The lowest BCUT2D eigenvalue weighted by atomic mass is 9.89. The molecule has 222 valence electrons. The van der Waals surface area contributed by atoms with Crippen LogP contribution in [0.1, 0.15) is 192 Å². The highest BCUT2D eigenvalue weighted by Crippen LogP contribution is 2.30. The van der Waals surface area contributed by atoms with Crippen LogP contribution in [0, 0.1) is 0 Å². The van der Waals surface area contributed by atoms with Gasteiger partial charge < -0.3 is 10.6 Å². The Morgan fingerprint density at radius 1 is 0.421 bits per heavy atom. The topological polar surface area (TPSA) is 24.1 Å². The van der Waals surface area contributed by atoms with Gasteiger partial charge in [-0.25, -0.2) is 0 Å². The van der Waals surface area contributed by atoms with E-state index in [-0.39, 0.29) is 0 Å². The van der Waals surface area contributed by atoms with Gasteiger partial charge in [0.1, 0.15) is 0 Å². The lowest BCUT2D eigenvalue weighted by Gasteiger charge is -2.27. The van der Waals surface area contributed by atoms with Crippen molar-refractivity contribution in [2.24, 2.45) is 0 Å². The third-order valence-corrected chi connectivity index (χ3v) is 8.34. The highest BCUT2D eigenvalue weighted by Gasteiger charge is 2.19. The van der Waals surface area contributed by atoms with Crippen LogP contribution in [0.25, 0.3) is 0 Å². The number of rotatable bonds is 28. The van der Waals surface area contributed by atoms with Crippen molar-refractivity contribution in [3.63, 3.8) is 0 Å². The Labute approximate surface area is 239 Å². The van der Waals surface area contributed by atoms with E-state index in [0.29, 0.717) is 12.1 Å². The van der Waals surface area contributed by atoms with Crippen LogP contribution in [0.4, 0.5) is 0 Å². The van der Waals surface area contributed by atoms with E-state index in [2.05, 4.69) is 62.6 Å². The lowest BCUT2D eigenvalue weighted by molar-refractivity contribution is 0.446. The molecule has 0 heterocycles. The minimum Gasteiger partial charge on any atom is -0.310 e. The summed E-state index contributed by atoms with van der Waals surface area (Å²) in [7, 11) is 0. The Morgan fingerprint density at radius 2 is 0.711 bits per heavy atom. The highest BCUT2D eigenvalue weighted by atomic mass is 14.9. The van der Waals surface area contributed by atoms with Gasteiger partial charge in [-0.1, -0.05) is 180 Å². The van der Waals surface area contributed by atoms with E-state index >= 15 is 0 Å². The van der Waals surface area contributed by atoms with Crippen LogP contribution in [0.2, 0.25) is 0 Å². The Morgan fingerprint density at radius 3 is 1.00 bits per heavy atom. The van der Waals surface area contributed by atoms with Gasteiger partial charge in [0.15, 0.2) is 0 Å². The third-order valence-electron chi connectivity index (χ3n) is 8.34. The monoisotopic (exact) mass is 529 g/mol. The van der Waals surface area contributed by atoms with Crippen molar-refractivity contribution in [3.8, 4) is 0 Å². The maximum atomic E-state index is 3.85. The first kappa shape index (κ1) is 35.2. The molecule has 0 amide bonds. The van der Waals surface area contributed by atoms with Crippen LogP contribution in [0.5, 0.6) is 0 Å². The largest absolute Gasteiger partial charge is 0.310 e. The number of hydrogen-bond donors (Lipinski definition) is 2. The Balaban J connectivity index is 2.47. The third kappa shape index (κ3) is 17.7. The SMILES string of the molecule is CCCCCCCCCCCCC(NCC)c1ccccc1C(CCCCCCCCCCCC)NCC. The van der Waals surface area contributed by atoms with Gasteiger partial charge in [-0.15, -0.1) is 0 Å². The van der Waals surface area contributed by atoms with Gasteiger partial charge in [0, 0.05) is 12.1 Å². The van der Waals surface area contributed by atoms with Crippen molar-refractivity contribution in [3.05, 3.63) is 35.4 Å². The van der Waals surface area contributed by atoms with E-state index in [9.17, 15) is 0 Å². The molecule has 0 fully saturated rings. The van der Waals surface area contributed by atoms with Gasteiger partial charge in [-0.3, -0.25) is 0 Å². The Kier molecular flexibility index (Phi) is 24.4. The summed E-state index contributed by atoms with van der Waals surface area (Å²) in [5.74, 6) is 0. The Bertz CT molecular complexity index is 560. The summed E-state index contributed by atoms with van der Waals surface area (Å²) in [5, 5.41) is 7.70. The molecule has 0 aliphatic rings. The average Bonchev–Trinajstić information content (AvgIpc) is 2.94. The second kappa shape index (κ2) is 26.4. The molecule has 0 radical (unpaired) electrons. The molecule has 2 N–H and O–H groups in total. The molecule has 1 rings (SSSR count). The van der Waals surface area contributed by atoms with E-state index < -0.39 is 0 Å². The maximum absolute atomic E-state index is 3.85. The second-order valence-corrected chi connectivity index (χ2v) is 11.8. The van der Waals surface area contributed by atoms with E-state index in [1.165, 1.54) is 141 Å². The first-order valence-electron chi connectivity index (χ1n) is 17.3. The molecule has 0 bridgehead atoms. The summed E-state index contributed by atoms with van der Waals surface area (Å²) in [4.78, 5) is 0. The minimum absolute atomic E-state index is 0.485. The fourth-order valence-electron chi connectivity index (χ4n) is 6.05. The van der Waals surface area contributed by atoms with Gasteiger partial charge in [0.25, 0.3) is 0 Å². The second-order valence-electron chi connectivity index (χ2n) is 11.8. The van der Waals surface area contributed by atoms with Crippen molar-refractivity contribution >= 4 is 0 Å². The summed E-state index contributed by atoms with van der Waals surface area (Å²) in [6, 6.07) is 10.3. The molecule has 1 aromatic carbocycles. The van der Waals surface area contributed by atoms with Crippen LogP contribution < -0.4 is 10.6 Å². The first-order valence-corrected chi connectivity index (χ1v) is 17.3. The minimum atomic E-state index is 0.485. The Hall–Kier alpha value is -0.860. The molecule has 38 heavy (non-hydrogen) atoms. The van der Waals surface area contributed by atoms with Crippen molar-refractivity contribution in [1.29, 1.82) is 0 Å². The van der Waals surface area contributed by atoms with Gasteiger partial charge in [0.2, 0.25) is 0 Å². The predicted octanol–water partition coefficient (Wildman–Crippen LogP) is 11.6. The van der Waals surface area contributed by atoms with Crippen molar-refractivity contribution in [2.75, 3.05) is 13.1 Å². The number of unbranched alkanes of at least 4 members (excludes halogenated alkanes) is 18. The van der Waals surface area contributed by atoms with Crippen molar-refractivity contribution in [1.82, 2.24) is 10.6 Å².